The first kappa shape index (κ1) is 38.9. The molecule has 0 aromatic heterocycles. The predicted molar refractivity (Wildman–Crippen MR) is 303 cm³/mol. The van der Waals surface area contributed by atoms with Gasteiger partial charge in [-0.05, 0) is 237 Å². The minimum atomic E-state index is 1.22. The first-order chi connectivity index (χ1) is 34.7. The van der Waals surface area contributed by atoms with Gasteiger partial charge in [-0.25, -0.2) is 0 Å². The summed E-state index contributed by atoms with van der Waals surface area (Å²) in [5.41, 5.74) is 9.86. The molecule has 0 aliphatic heterocycles. The Morgan fingerprint density at radius 1 is 0.143 bits per heavy atom. The summed E-state index contributed by atoms with van der Waals surface area (Å²) in [4.78, 5) is 0. The average molecular weight is 883 g/mol. The van der Waals surface area contributed by atoms with Gasteiger partial charge >= 0.3 is 0 Å². The highest BCUT2D eigenvalue weighted by molar-refractivity contribution is 6.32. The molecular weight excluding hydrogens is 841 g/mol. The van der Waals surface area contributed by atoms with Crippen molar-refractivity contribution in [1.29, 1.82) is 0 Å². The number of benzene rings is 15. The second-order valence-electron chi connectivity index (χ2n) is 19.2. The van der Waals surface area contributed by atoms with Crippen LogP contribution >= 0.6 is 0 Å². The molecular formula is C70H42. The van der Waals surface area contributed by atoms with Crippen molar-refractivity contribution < 1.29 is 0 Å². The molecule has 70 heavy (non-hydrogen) atoms. The molecule has 322 valence electrons. The topological polar surface area (TPSA) is 0 Å². The van der Waals surface area contributed by atoms with E-state index in [1.54, 1.807) is 0 Å². The third kappa shape index (κ3) is 6.03. The van der Waals surface area contributed by atoms with Crippen LogP contribution in [0.4, 0.5) is 0 Å². The average Bonchev–Trinajstić information content (AvgIpc) is 3.43. The quantitative estimate of drug-likeness (QED) is 0.122. The van der Waals surface area contributed by atoms with Gasteiger partial charge in [0, 0.05) is 0 Å². The van der Waals surface area contributed by atoms with E-state index in [4.69, 9.17) is 0 Å². The Bertz CT molecular complexity index is 4650. The number of fused-ring (bicyclic) bond motifs is 16. The summed E-state index contributed by atoms with van der Waals surface area (Å²) in [5, 5.41) is 25.4. The molecule has 15 aromatic rings. The fourth-order valence-corrected chi connectivity index (χ4v) is 11.9. The van der Waals surface area contributed by atoms with Crippen molar-refractivity contribution in [2.45, 2.75) is 0 Å². The molecule has 0 radical (unpaired) electrons. The summed E-state index contributed by atoms with van der Waals surface area (Å²) in [6.45, 7) is 0. The zero-order chi connectivity index (χ0) is 45.9. The van der Waals surface area contributed by atoms with Crippen molar-refractivity contribution in [1.82, 2.24) is 0 Å². The highest BCUT2D eigenvalue weighted by Crippen LogP contribution is 2.47. The van der Waals surface area contributed by atoms with Crippen molar-refractivity contribution in [3.05, 3.63) is 255 Å². The van der Waals surface area contributed by atoms with Crippen LogP contribution in [0.3, 0.4) is 0 Å². The van der Waals surface area contributed by atoms with Crippen LogP contribution in [0.1, 0.15) is 0 Å². The minimum absolute atomic E-state index is 1.22. The SMILES string of the molecule is c1ccc(-c2cc(-c3ccccc3)c3c4ccccc4c4cc5cc6cc7cc8cc9c%10ccccc%10c%10cc(-c%11ccccc%11)cc(-c%11ccccc%11)c%10c9cc8cc7cc6cc5cc4c3c2)cc1. The molecule has 0 saturated carbocycles. The van der Waals surface area contributed by atoms with Gasteiger partial charge in [-0.15, -0.1) is 0 Å². The fourth-order valence-electron chi connectivity index (χ4n) is 11.9. The van der Waals surface area contributed by atoms with Gasteiger partial charge in [-0.3, -0.25) is 0 Å². The normalized spacial score (nSPS) is 12.0. The molecule has 0 fully saturated rings. The van der Waals surface area contributed by atoms with E-state index >= 15 is 0 Å². The van der Waals surface area contributed by atoms with Crippen LogP contribution in [0.25, 0.3) is 152 Å². The zero-order valence-electron chi connectivity index (χ0n) is 38.2. The maximum Gasteiger partial charge on any atom is -0.00197 e. The molecule has 0 unspecified atom stereocenters. The van der Waals surface area contributed by atoms with Crippen molar-refractivity contribution in [3.63, 3.8) is 0 Å². The van der Waals surface area contributed by atoms with Gasteiger partial charge in [0.15, 0.2) is 0 Å². The fraction of sp³-hybridized carbons (Fsp3) is 0. The smallest absolute Gasteiger partial charge is 0.00197 e. The summed E-state index contributed by atoms with van der Waals surface area (Å²) in [6.07, 6.45) is 0. The first-order valence-corrected chi connectivity index (χ1v) is 24.4. The van der Waals surface area contributed by atoms with E-state index in [-0.39, 0.29) is 0 Å². The molecule has 0 heterocycles. The summed E-state index contributed by atoms with van der Waals surface area (Å²) >= 11 is 0. The van der Waals surface area contributed by atoms with E-state index in [0.717, 1.165) is 0 Å². The van der Waals surface area contributed by atoms with E-state index in [0.29, 0.717) is 0 Å². The Morgan fingerprint density at radius 3 is 0.829 bits per heavy atom. The second kappa shape index (κ2) is 15.2. The first-order valence-electron chi connectivity index (χ1n) is 24.4. The monoisotopic (exact) mass is 882 g/mol. The predicted octanol–water partition coefficient (Wildman–Crippen LogP) is 19.9. The molecule has 15 aromatic carbocycles. The Morgan fingerprint density at radius 2 is 0.400 bits per heavy atom. The van der Waals surface area contributed by atoms with E-state index in [1.165, 1.54) is 152 Å². The number of hydrogen-bond acceptors (Lipinski definition) is 0. The van der Waals surface area contributed by atoms with Crippen LogP contribution in [0.15, 0.2) is 255 Å². The van der Waals surface area contributed by atoms with Gasteiger partial charge in [0.25, 0.3) is 0 Å². The van der Waals surface area contributed by atoms with Crippen LogP contribution in [-0.2, 0) is 0 Å². The summed E-state index contributed by atoms with van der Waals surface area (Å²) in [7, 11) is 0. The second-order valence-corrected chi connectivity index (χ2v) is 19.2. The summed E-state index contributed by atoms with van der Waals surface area (Å²) < 4.78 is 0. The minimum Gasteiger partial charge on any atom is -0.0622 e. The van der Waals surface area contributed by atoms with Gasteiger partial charge in [0.05, 0.1) is 0 Å². The van der Waals surface area contributed by atoms with E-state index < -0.39 is 0 Å². The summed E-state index contributed by atoms with van der Waals surface area (Å²) in [5.74, 6) is 0. The summed E-state index contributed by atoms with van der Waals surface area (Å²) in [6, 6.07) is 95.4. The van der Waals surface area contributed by atoms with Crippen molar-refractivity contribution >= 4 is 108 Å². The largest absolute Gasteiger partial charge is 0.0622 e. The Labute approximate surface area is 404 Å². The van der Waals surface area contributed by atoms with Crippen LogP contribution < -0.4 is 0 Å². The molecule has 0 spiro atoms. The maximum absolute atomic E-state index is 2.47. The van der Waals surface area contributed by atoms with E-state index in [1.807, 2.05) is 0 Å². The van der Waals surface area contributed by atoms with Crippen LogP contribution in [0, 0.1) is 0 Å². The molecule has 0 heteroatoms. The maximum atomic E-state index is 2.47. The van der Waals surface area contributed by atoms with Crippen molar-refractivity contribution in [2.24, 2.45) is 0 Å². The van der Waals surface area contributed by atoms with E-state index in [9.17, 15) is 0 Å². The number of rotatable bonds is 4. The molecule has 0 nitrogen and oxygen atoms in total. The van der Waals surface area contributed by atoms with Crippen molar-refractivity contribution in [3.8, 4) is 44.5 Å². The lowest BCUT2D eigenvalue weighted by Crippen LogP contribution is -1.90. The van der Waals surface area contributed by atoms with E-state index in [2.05, 4.69) is 255 Å². The lowest BCUT2D eigenvalue weighted by Gasteiger charge is -2.18. The Balaban J connectivity index is 0.977. The molecule has 0 bridgehead atoms. The van der Waals surface area contributed by atoms with Gasteiger partial charge in [-0.2, -0.15) is 0 Å². The Kier molecular flexibility index (Phi) is 8.46. The van der Waals surface area contributed by atoms with Gasteiger partial charge in [0.2, 0.25) is 0 Å². The molecule has 0 N–H and O–H groups in total. The van der Waals surface area contributed by atoms with Gasteiger partial charge in [0.1, 0.15) is 0 Å². The molecule has 15 rings (SSSR count). The zero-order valence-corrected chi connectivity index (χ0v) is 38.2. The highest BCUT2D eigenvalue weighted by atomic mass is 14.2. The van der Waals surface area contributed by atoms with Crippen LogP contribution in [0.2, 0.25) is 0 Å². The third-order valence-corrected chi connectivity index (χ3v) is 15.2. The third-order valence-electron chi connectivity index (χ3n) is 15.2. The van der Waals surface area contributed by atoms with Crippen molar-refractivity contribution in [2.75, 3.05) is 0 Å². The Hall–Kier alpha value is -9.10. The molecule has 0 amide bonds. The van der Waals surface area contributed by atoms with Crippen LogP contribution in [0.5, 0.6) is 0 Å². The lowest BCUT2D eigenvalue weighted by molar-refractivity contribution is 1.63. The molecule has 0 aliphatic carbocycles. The molecule has 0 aliphatic rings. The number of hydrogen-bond donors (Lipinski definition) is 0. The van der Waals surface area contributed by atoms with Gasteiger partial charge < -0.3 is 0 Å². The molecule has 0 saturated heterocycles. The van der Waals surface area contributed by atoms with Gasteiger partial charge in [-0.1, -0.05) is 170 Å². The lowest BCUT2D eigenvalue weighted by atomic mass is 9.85. The molecule has 0 atom stereocenters. The highest BCUT2D eigenvalue weighted by Gasteiger charge is 2.19. The van der Waals surface area contributed by atoms with Crippen LogP contribution in [-0.4, -0.2) is 0 Å². The standard InChI is InChI=1S/C70H42/c1-5-17-43(18-6-1)55-36-62(46-23-11-4-12-24-46)70-66(41-55)58-26-14-13-25-57(58)64-38-52-32-48-29-47-31-51-37-63-59-27-15-16-28-60(59)69-61(45-21-9-3-10-22-45)35-56(44-19-7-2-8-20-44)42-68(69)65(63)39-53(51)33-49(47)30-50(48)34-54(52)40-67(64)70/h1-42H.